The monoisotopic (exact) mass is 562 g/mol. The maximum Gasteiger partial charge on any atom is 0.0873 e. The molecule has 2 heteroatoms. The van der Waals surface area contributed by atoms with Crippen molar-refractivity contribution in [2.45, 2.75) is 225 Å². The van der Waals surface area contributed by atoms with Crippen molar-refractivity contribution in [1.82, 2.24) is 5.32 Å². The van der Waals surface area contributed by atoms with Gasteiger partial charge in [-0.2, -0.15) is 0 Å². The molecule has 1 saturated carbocycles. The number of unbranched alkanes of at least 4 members (excludes halogenated alkanes) is 13. The zero-order chi connectivity index (χ0) is 28.6. The van der Waals surface area contributed by atoms with Gasteiger partial charge in [-0.05, 0) is 32.2 Å². The first kappa shape index (κ1) is 37.7. The summed E-state index contributed by atoms with van der Waals surface area (Å²) in [6, 6.07) is 0.238. The van der Waals surface area contributed by atoms with Gasteiger partial charge in [-0.25, -0.2) is 0 Å². The molecule has 2 nitrogen and oxygen atoms in total. The van der Waals surface area contributed by atoms with E-state index in [0.717, 1.165) is 19.4 Å². The third-order valence-corrected chi connectivity index (χ3v) is 9.32. The van der Waals surface area contributed by atoms with Crippen molar-refractivity contribution in [2.75, 3.05) is 6.54 Å². The number of aliphatic hydroxyl groups is 1. The van der Waals surface area contributed by atoms with E-state index in [1.165, 1.54) is 193 Å². The summed E-state index contributed by atoms with van der Waals surface area (Å²) < 4.78 is 0. The van der Waals surface area contributed by atoms with Crippen molar-refractivity contribution in [3.63, 3.8) is 0 Å². The van der Waals surface area contributed by atoms with E-state index in [9.17, 15) is 5.11 Å². The Morgan fingerprint density at radius 3 is 1.32 bits per heavy atom. The molecule has 0 saturated heterocycles. The van der Waals surface area contributed by atoms with E-state index < -0.39 is 0 Å². The average Bonchev–Trinajstić information content (AvgIpc) is 2.92. The van der Waals surface area contributed by atoms with Crippen LogP contribution in [0, 0.1) is 0 Å². The van der Waals surface area contributed by atoms with Gasteiger partial charge in [-0.15, -0.1) is 0 Å². The van der Waals surface area contributed by atoms with Crippen molar-refractivity contribution >= 4 is 0 Å². The van der Waals surface area contributed by atoms with Crippen LogP contribution in [0.2, 0.25) is 0 Å². The lowest BCUT2D eigenvalue weighted by Crippen LogP contribution is -2.39. The fourth-order valence-electron chi connectivity index (χ4n) is 6.01. The Labute approximate surface area is 253 Å². The first-order valence-corrected chi connectivity index (χ1v) is 18.9. The Morgan fingerprint density at radius 2 is 0.875 bits per heavy atom. The molecule has 0 aromatic carbocycles. The predicted octanol–water partition coefficient (Wildman–Crippen LogP) is 12.4. The third-order valence-electron chi connectivity index (χ3n) is 9.32. The zero-order valence-electron chi connectivity index (χ0n) is 27.6. The summed E-state index contributed by atoms with van der Waals surface area (Å²) in [5.74, 6) is 0. The van der Waals surface area contributed by atoms with Crippen molar-refractivity contribution < 1.29 is 5.11 Å². The second kappa shape index (κ2) is 31.6. The molecule has 0 spiro atoms. The lowest BCUT2D eigenvalue weighted by atomic mass is 9.99. The Balaban J connectivity index is 0.00000182. The van der Waals surface area contributed by atoms with Crippen molar-refractivity contribution in [1.29, 1.82) is 0 Å². The Kier molecular flexibility index (Phi) is 29.8. The van der Waals surface area contributed by atoms with Crippen molar-refractivity contribution in [3.8, 4) is 0 Å². The number of rotatable bonds is 16. The number of hydrogen-bond donors (Lipinski definition) is 2. The van der Waals surface area contributed by atoms with Crippen LogP contribution in [0.5, 0.6) is 0 Å². The highest BCUT2D eigenvalue weighted by atomic mass is 16.3. The van der Waals surface area contributed by atoms with Crippen LogP contribution in [0.1, 0.15) is 212 Å². The second-order valence-corrected chi connectivity index (χ2v) is 13.3. The van der Waals surface area contributed by atoms with E-state index in [4.69, 9.17) is 0 Å². The molecule has 0 radical (unpaired) electrons. The smallest absolute Gasteiger partial charge is 0.0873 e. The minimum absolute atomic E-state index is 0.238. The summed E-state index contributed by atoms with van der Waals surface area (Å²) in [4.78, 5) is 0. The van der Waals surface area contributed by atoms with Crippen LogP contribution < -0.4 is 5.32 Å². The molecular formula is C38H75NO. The number of aliphatic hydroxyl groups excluding tert-OH is 1. The molecule has 0 aromatic heterocycles. The van der Waals surface area contributed by atoms with Gasteiger partial charge in [0.25, 0.3) is 0 Å². The van der Waals surface area contributed by atoms with E-state index in [1.54, 1.807) is 0 Å². The molecule has 238 valence electrons. The molecule has 0 heterocycles. The molecule has 0 bridgehead atoms. The quantitative estimate of drug-likeness (QED) is 0.145. The highest BCUT2D eigenvalue weighted by molar-refractivity contribution is 4.95. The molecule has 0 aromatic rings. The van der Waals surface area contributed by atoms with Crippen LogP contribution >= 0.6 is 0 Å². The highest BCUT2D eigenvalue weighted by Crippen LogP contribution is 2.17. The van der Waals surface area contributed by atoms with Crippen LogP contribution in [0.3, 0.4) is 0 Å². The minimum atomic E-state index is -0.324. The summed E-state index contributed by atoms with van der Waals surface area (Å²) in [6.45, 7) is 3.36. The number of nitrogens with one attached hydrogen (secondary N) is 1. The molecule has 2 atom stereocenters. The molecule has 1 fully saturated rings. The normalized spacial score (nSPS) is 22.8. The third kappa shape index (κ3) is 26.6. The first-order chi connectivity index (χ1) is 19.8. The highest BCUT2D eigenvalue weighted by Gasteiger charge is 2.15. The van der Waals surface area contributed by atoms with Crippen LogP contribution in [0.25, 0.3) is 0 Å². The standard InChI is InChI=1S/C34H67NO.C4H8/c1-2-3-4-5-6-7-8-9-14-17-20-23-26-29-32-35-33-30-27-24-21-18-15-12-10-11-13-16-19-22-25-28-31-34(33)36;1-2-4-3-1/h28,31,33-36H,2-27,29-30,32H2,1H3;1-4H2/b31-28+;/t33-,34-;/m0./s1. The summed E-state index contributed by atoms with van der Waals surface area (Å²) >= 11 is 0. The summed E-state index contributed by atoms with van der Waals surface area (Å²) in [6.07, 6.45) is 48.5. The molecule has 40 heavy (non-hydrogen) atoms. The maximum atomic E-state index is 10.8. The zero-order valence-corrected chi connectivity index (χ0v) is 27.6. The van der Waals surface area contributed by atoms with E-state index in [-0.39, 0.29) is 12.1 Å². The molecule has 0 unspecified atom stereocenters. The summed E-state index contributed by atoms with van der Waals surface area (Å²) in [5.41, 5.74) is 0. The topological polar surface area (TPSA) is 32.3 Å². The van der Waals surface area contributed by atoms with Gasteiger partial charge in [0.2, 0.25) is 0 Å². The van der Waals surface area contributed by atoms with Crippen LogP contribution in [-0.2, 0) is 0 Å². The molecular weight excluding hydrogens is 486 g/mol. The van der Waals surface area contributed by atoms with Gasteiger partial charge >= 0.3 is 0 Å². The molecule has 2 aliphatic carbocycles. The average molecular weight is 562 g/mol. The van der Waals surface area contributed by atoms with Crippen LogP contribution in [0.15, 0.2) is 12.2 Å². The van der Waals surface area contributed by atoms with E-state index in [0.29, 0.717) is 0 Å². The fraction of sp³-hybridized carbons (Fsp3) is 0.947. The maximum absolute atomic E-state index is 10.8. The summed E-state index contributed by atoms with van der Waals surface area (Å²) in [5, 5.41) is 14.6. The van der Waals surface area contributed by atoms with Gasteiger partial charge in [0.1, 0.15) is 0 Å². The Hall–Kier alpha value is -0.340. The van der Waals surface area contributed by atoms with Crippen molar-refractivity contribution in [3.05, 3.63) is 12.2 Å². The van der Waals surface area contributed by atoms with Gasteiger partial charge < -0.3 is 10.4 Å². The van der Waals surface area contributed by atoms with E-state index in [2.05, 4.69) is 24.4 Å². The van der Waals surface area contributed by atoms with Gasteiger partial charge in [0.05, 0.1) is 6.10 Å². The number of allylic oxidation sites excluding steroid dienone is 1. The fourth-order valence-corrected chi connectivity index (χ4v) is 6.01. The Morgan fingerprint density at radius 1 is 0.500 bits per heavy atom. The Bertz CT molecular complexity index is 496. The van der Waals surface area contributed by atoms with Gasteiger partial charge in [-0.3, -0.25) is 0 Å². The molecule has 2 aliphatic rings. The van der Waals surface area contributed by atoms with Gasteiger partial charge in [-0.1, -0.05) is 199 Å². The van der Waals surface area contributed by atoms with Crippen molar-refractivity contribution in [2.24, 2.45) is 0 Å². The van der Waals surface area contributed by atoms with Crippen LogP contribution in [-0.4, -0.2) is 23.8 Å². The van der Waals surface area contributed by atoms with E-state index >= 15 is 0 Å². The first-order valence-electron chi connectivity index (χ1n) is 18.9. The molecule has 2 N–H and O–H groups in total. The predicted molar refractivity (Wildman–Crippen MR) is 180 cm³/mol. The largest absolute Gasteiger partial charge is 0.387 e. The molecule has 0 aliphatic heterocycles. The lowest BCUT2D eigenvalue weighted by Gasteiger charge is -2.22. The number of hydrogen-bond acceptors (Lipinski definition) is 2. The lowest BCUT2D eigenvalue weighted by molar-refractivity contribution is 0.163. The molecule has 0 amide bonds. The summed E-state index contributed by atoms with van der Waals surface area (Å²) in [7, 11) is 0. The minimum Gasteiger partial charge on any atom is -0.387 e. The molecule has 2 rings (SSSR count). The SMILES string of the molecule is C1CCC1.CCCCCCCCCCCCCCCCN[C@H]1CCCCCCCCCCCCCC/C=C/[C@@H]1O. The van der Waals surface area contributed by atoms with Gasteiger partial charge in [0.15, 0.2) is 0 Å². The van der Waals surface area contributed by atoms with E-state index in [1.807, 2.05) is 0 Å². The van der Waals surface area contributed by atoms with Crippen LogP contribution in [0.4, 0.5) is 0 Å². The van der Waals surface area contributed by atoms with Gasteiger partial charge in [0, 0.05) is 6.04 Å². The second-order valence-electron chi connectivity index (χ2n) is 13.3.